The van der Waals surface area contributed by atoms with Crippen LogP contribution in [0.3, 0.4) is 0 Å². The molecule has 2 fully saturated rings. The lowest BCUT2D eigenvalue weighted by Crippen LogP contribution is -2.45. The molecule has 98 valence electrons. The van der Waals surface area contributed by atoms with Gasteiger partial charge in [-0.2, -0.15) is 0 Å². The first kappa shape index (κ1) is 12.8. The van der Waals surface area contributed by atoms with Gasteiger partial charge >= 0.3 is 0 Å². The summed E-state index contributed by atoms with van der Waals surface area (Å²) in [5.41, 5.74) is 0. The zero-order valence-electron chi connectivity index (χ0n) is 10.2. The highest BCUT2D eigenvalue weighted by Crippen LogP contribution is 2.16. The first-order valence-corrected chi connectivity index (χ1v) is 6.51. The van der Waals surface area contributed by atoms with Crippen LogP contribution in [0.4, 0.5) is 0 Å². The predicted octanol–water partition coefficient (Wildman–Crippen LogP) is -0.262. The highest BCUT2D eigenvalue weighted by Gasteiger charge is 2.26. The molecule has 1 unspecified atom stereocenters. The molecule has 0 radical (unpaired) electrons. The fourth-order valence-corrected chi connectivity index (χ4v) is 2.61. The van der Waals surface area contributed by atoms with Crippen LogP contribution < -0.4 is 5.32 Å². The van der Waals surface area contributed by atoms with Gasteiger partial charge in [-0.15, -0.1) is 0 Å². The van der Waals surface area contributed by atoms with E-state index in [1.165, 1.54) is 0 Å². The van der Waals surface area contributed by atoms with Crippen molar-refractivity contribution in [2.24, 2.45) is 0 Å². The molecule has 2 rings (SSSR count). The van der Waals surface area contributed by atoms with Gasteiger partial charge in [0.15, 0.2) is 0 Å². The summed E-state index contributed by atoms with van der Waals surface area (Å²) in [5, 5.41) is 12.2. The Kier molecular flexibility index (Phi) is 4.76. The fraction of sp³-hybridized carbons (Fsp3) is 0.917. The normalized spacial score (nSPS) is 27.2. The summed E-state index contributed by atoms with van der Waals surface area (Å²) < 4.78 is 5.25. The Morgan fingerprint density at radius 2 is 2.12 bits per heavy atom. The van der Waals surface area contributed by atoms with Gasteiger partial charge in [0.25, 0.3) is 0 Å². The summed E-state index contributed by atoms with van der Waals surface area (Å²) in [6.45, 7) is 2.99. The molecular formula is C12H22N2O3. The van der Waals surface area contributed by atoms with Gasteiger partial charge in [-0.25, -0.2) is 0 Å². The van der Waals surface area contributed by atoms with E-state index in [1.54, 1.807) is 0 Å². The zero-order valence-corrected chi connectivity index (χ0v) is 10.2. The van der Waals surface area contributed by atoms with E-state index in [2.05, 4.69) is 10.2 Å². The quantitative estimate of drug-likeness (QED) is 0.713. The molecule has 2 aliphatic heterocycles. The Labute approximate surface area is 102 Å². The number of aliphatic hydroxyl groups is 1. The van der Waals surface area contributed by atoms with Crippen LogP contribution in [0.5, 0.6) is 0 Å². The second-order valence-corrected chi connectivity index (χ2v) is 4.90. The number of hydrogen-bond acceptors (Lipinski definition) is 4. The molecule has 0 saturated carbocycles. The molecule has 5 heteroatoms. The summed E-state index contributed by atoms with van der Waals surface area (Å²) in [4.78, 5) is 13.9. The minimum absolute atomic E-state index is 0.0808. The van der Waals surface area contributed by atoms with Crippen LogP contribution in [0, 0.1) is 0 Å². The molecular weight excluding hydrogens is 220 g/mol. The van der Waals surface area contributed by atoms with Crippen molar-refractivity contribution in [1.29, 1.82) is 0 Å². The summed E-state index contributed by atoms with van der Waals surface area (Å²) in [7, 11) is 0. The Morgan fingerprint density at radius 1 is 1.35 bits per heavy atom. The lowest BCUT2D eigenvalue weighted by molar-refractivity contribution is -0.123. The second kappa shape index (κ2) is 6.33. The van der Waals surface area contributed by atoms with E-state index in [0.29, 0.717) is 6.54 Å². The average molecular weight is 242 g/mol. The van der Waals surface area contributed by atoms with Crippen molar-refractivity contribution >= 4 is 5.91 Å². The molecule has 0 bridgehead atoms. The predicted molar refractivity (Wildman–Crippen MR) is 63.7 cm³/mol. The first-order chi connectivity index (χ1) is 8.29. The van der Waals surface area contributed by atoms with E-state index >= 15 is 0 Å². The van der Waals surface area contributed by atoms with Gasteiger partial charge in [-0.1, -0.05) is 0 Å². The van der Waals surface area contributed by atoms with Crippen molar-refractivity contribution in [2.45, 2.75) is 37.8 Å². The van der Waals surface area contributed by atoms with Gasteiger partial charge in [0.05, 0.1) is 13.2 Å². The molecule has 1 amide bonds. The standard InChI is InChI=1S/C12H22N2O3/c15-9-11-2-1-5-14(11)8-12(16)13-10-3-6-17-7-4-10/h10-11,15H,1-9H2,(H,13,16). The molecule has 0 spiro atoms. The lowest BCUT2D eigenvalue weighted by atomic mass is 10.1. The summed E-state index contributed by atoms with van der Waals surface area (Å²) in [5.74, 6) is 0.0808. The molecule has 2 aliphatic rings. The topological polar surface area (TPSA) is 61.8 Å². The van der Waals surface area contributed by atoms with Crippen molar-refractivity contribution in [1.82, 2.24) is 10.2 Å². The van der Waals surface area contributed by atoms with Crippen LogP contribution in [0.15, 0.2) is 0 Å². The van der Waals surface area contributed by atoms with Crippen molar-refractivity contribution in [3.63, 3.8) is 0 Å². The second-order valence-electron chi connectivity index (χ2n) is 4.90. The van der Waals surface area contributed by atoms with Gasteiger partial charge in [-0.3, -0.25) is 9.69 Å². The summed E-state index contributed by atoms with van der Waals surface area (Å²) in [6.07, 6.45) is 3.90. The number of carbonyl (C=O) groups is 1. The number of nitrogens with one attached hydrogen (secondary N) is 1. The highest BCUT2D eigenvalue weighted by atomic mass is 16.5. The number of hydrogen-bond donors (Lipinski definition) is 2. The number of amides is 1. The molecule has 5 nitrogen and oxygen atoms in total. The molecule has 17 heavy (non-hydrogen) atoms. The third-order valence-electron chi connectivity index (χ3n) is 3.64. The number of rotatable bonds is 4. The van der Waals surface area contributed by atoms with Crippen LogP contribution >= 0.6 is 0 Å². The molecule has 0 aromatic heterocycles. The Bertz CT molecular complexity index is 254. The van der Waals surface area contributed by atoms with Crippen molar-refractivity contribution in [3.05, 3.63) is 0 Å². The van der Waals surface area contributed by atoms with Crippen molar-refractivity contribution in [2.75, 3.05) is 32.9 Å². The van der Waals surface area contributed by atoms with Crippen LogP contribution in [0.1, 0.15) is 25.7 Å². The maximum absolute atomic E-state index is 11.9. The Morgan fingerprint density at radius 3 is 2.82 bits per heavy atom. The van der Waals surface area contributed by atoms with Crippen LogP contribution in [-0.2, 0) is 9.53 Å². The van der Waals surface area contributed by atoms with Gasteiger partial charge in [0.2, 0.25) is 5.91 Å². The van der Waals surface area contributed by atoms with E-state index in [1.807, 2.05) is 0 Å². The minimum atomic E-state index is 0.0808. The van der Waals surface area contributed by atoms with Gasteiger partial charge in [-0.05, 0) is 32.2 Å². The monoisotopic (exact) mass is 242 g/mol. The highest BCUT2D eigenvalue weighted by molar-refractivity contribution is 5.78. The van der Waals surface area contributed by atoms with E-state index in [-0.39, 0.29) is 24.6 Å². The minimum Gasteiger partial charge on any atom is -0.395 e. The number of carbonyl (C=O) groups excluding carboxylic acids is 1. The number of likely N-dealkylation sites (tertiary alicyclic amines) is 1. The molecule has 1 atom stereocenters. The maximum atomic E-state index is 11.9. The number of nitrogens with zero attached hydrogens (tertiary/aromatic N) is 1. The van der Waals surface area contributed by atoms with Gasteiger partial charge in [0, 0.05) is 25.3 Å². The molecule has 0 aromatic carbocycles. The molecule has 2 heterocycles. The third-order valence-corrected chi connectivity index (χ3v) is 3.64. The third kappa shape index (κ3) is 3.66. The molecule has 2 N–H and O–H groups in total. The smallest absolute Gasteiger partial charge is 0.234 e. The van der Waals surface area contributed by atoms with E-state index in [0.717, 1.165) is 45.4 Å². The van der Waals surface area contributed by atoms with Gasteiger partial charge < -0.3 is 15.2 Å². The zero-order chi connectivity index (χ0) is 12.1. The lowest BCUT2D eigenvalue weighted by Gasteiger charge is -2.26. The van der Waals surface area contributed by atoms with Crippen LogP contribution in [0.2, 0.25) is 0 Å². The van der Waals surface area contributed by atoms with Gasteiger partial charge in [0.1, 0.15) is 0 Å². The molecule has 0 aromatic rings. The van der Waals surface area contributed by atoms with E-state index in [4.69, 9.17) is 4.74 Å². The SMILES string of the molecule is O=C(CN1CCCC1CO)NC1CCOCC1. The first-order valence-electron chi connectivity index (χ1n) is 6.51. The van der Waals surface area contributed by atoms with Crippen LogP contribution in [0.25, 0.3) is 0 Å². The van der Waals surface area contributed by atoms with E-state index < -0.39 is 0 Å². The van der Waals surface area contributed by atoms with Crippen molar-refractivity contribution < 1.29 is 14.6 Å². The Balaban J connectivity index is 1.72. The summed E-state index contributed by atoms with van der Waals surface area (Å²) in [6, 6.07) is 0.446. The molecule has 0 aliphatic carbocycles. The summed E-state index contributed by atoms with van der Waals surface area (Å²) >= 11 is 0. The average Bonchev–Trinajstić information content (AvgIpc) is 2.77. The molecule has 2 saturated heterocycles. The number of aliphatic hydroxyl groups excluding tert-OH is 1. The van der Waals surface area contributed by atoms with Crippen molar-refractivity contribution in [3.8, 4) is 0 Å². The van der Waals surface area contributed by atoms with Crippen LogP contribution in [-0.4, -0.2) is 60.9 Å². The largest absolute Gasteiger partial charge is 0.395 e. The van der Waals surface area contributed by atoms with E-state index in [9.17, 15) is 9.90 Å². The fourth-order valence-electron chi connectivity index (χ4n) is 2.61. The Hall–Kier alpha value is -0.650. The maximum Gasteiger partial charge on any atom is 0.234 e. The number of ether oxygens (including phenoxy) is 1.